The summed E-state index contributed by atoms with van der Waals surface area (Å²) in [6, 6.07) is 8.78. The standard InChI is InChI=1S/C19H18Br2N2O5/c20-16-10-6-11(17(16)21)15-14(10)18(26)23(19(15)27)7-13(25)28-8-12(24)22-9-4-2-1-3-5-9/h1-5,10-11,14-17H,6-8H2,(H,22,24)/t10-,11-,14-,15-,16-,17+/m1/s1. The summed E-state index contributed by atoms with van der Waals surface area (Å²) < 4.78 is 4.95. The van der Waals surface area contributed by atoms with E-state index in [4.69, 9.17) is 4.74 Å². The first kappa shape index (κ1) is 19.6. The minimum absolute atomic E-state index is 0.0912. The van der Waals surface area contributed by atoms with E-state index in [1.165, 1.54) is 0 Å². The molecular weight excluding hydrogens is 496 g/mol. The lowest BCUT2D eigenvalue weighted by Gasteiger charge is -2.28. The van der Waals surface area contributed by atoms with Crippen LogP contribution in [0.5, 0.6) is 0 Å². The lowest BCUT2D eigenvalue weighted by Crippen LogP contribution is -2.38. The van der Waals surface area contributed by atoms with Crippen LogP contribution in [0.1, 0.15) is 6.42 Å². The van der Waals surface area contributed by atoms with Gasteiger partial charge in [0.2, 0.25) is 11.8 Å². The molecule has 6 atom stereocenters. The van der Waals surface area contributed by atoms with Gasteiger partial charge >= 0.3 is 5.97 Å². The molecule has 0 unspecified atom stereocenters. The molecule has 7 nitrogen and oxygen atoms in total. The predicted octanol–water partition coefficient (Wildman–Crippen LogP) is 1.95. The van der Waals surface area contributed by atoms with E-state index in [0.29, 0.717) is 5.69 Å². The van der Waals surface area contributed by atoms with Crippen molar-refractivity contribution in [3.05, 3.63) is 30.3 Å². The third-order valence-electron chi connectivity index (χ3n) is 5.79. The maximum absolute atomic E-state index is 12.7. The first-order valence-corrected chi connectivity index (χ1v) is 10.9. The summed E-state index contributed by atoms with van der Waals surface area (Å²) in [4.78, 5) is 50.7. The summed E-state index contributed by atoms with van der Waals surface area (Å²) in [6.45, 7) is -0.933. The SMILES string of the molecule is O=C(COC(=O)CN1C(=O)[C@@H]2[C@H]3C[C@@H]([C@@H](Br)[C@H]3Br)[C@H]2C1=O)Nc1ccccc1. The van der Waals surface area contributed by atoms with Gasteiger partial charge in [0.05, 0.1) is 11.8 Å². The number of nitrogens with one attached hydrogen (secondary N) is 1. The van der Waals surface area contributed by atoms with E-state index in [0.717, 1.165) is 11.3 Å². The van der Waals surface area contributed by atoms with Crippen LogP contribution in [0, 0.1) is 23.7 Å². The van der Waals surface area contributed by atoms with Crippen molar-refractivity contribution in [1.82, 2.24) is 4.90 Å². The van der Waals surface area contributed by atoms with Gasteiger partial charge in [0.1, 0.15) is 6.54 Å². The Morgan fingerprint density at radius 1 is 1.04 bits per heavy atom. The number of halogens is 2. The number of likely N-dealkylation sites (tertiary alicyclic amines) is 1. The molecule has 2 aliphatic carbocycles. The van der Waals surface area contributed by atoms with Crippen molar-refractivity contribution in [1.29, 1.82) is 0 Å². The van der Waals surface area contributed by atoms with Crippen LogP contribution >= 0.6 is 31.9 Å². The number of nitrogens with zero attached hydrogens (tertiary/aromatic N) is 1. The van der Waals surface area contributed by atoms with Gasteiger partial charge < -0.3 is 10.1 Å². The van der Waals surface area contributed by atoms with Crippen LogP contribution in [-0.4, -0.2) is 51.4 Å². The molecule has 148 valence electrons. The van der Waals surface area contributed by atoms with Crippen molar-refractivity contribution >= 4 is 61.2 Å². The molecule has 3 fully saturated rings. The zero-order chi connectivity index (χ0) is 20.0. The fourth-order valence-corrected chi connectivity index (χ4v) is 6.48. The monoisotopic (exact) mass is 512 g/mol. The number of imide groups is 1. The van der Waals surface area contributed by atoms with Gasteiger partial charge in [-0.15, -0.1) is 0 Å². The molecule has 1 aliphatic heterocycles. The minimum atomic E-state index is -0.775. The van der Waals surface area contributed by atoms with Crippen molar-refractivity contribution < 1.29 is 23.9 Å². The van der Waals surface area contributed by atoms with E-state index in [-0.39, 0.29) is 45.1 Å². The number of anilines is 1. The highest BCUT2D eigenvalue weighted by Gasteiger charge is 2.66. The van der Waals surface area contributed by atoms with E-state index in [1.807, 2.05) is 6.07 Å². The van der Waals surface area contributed by atoms with E-state index in [9.17, 15) is 19.2 Å². The van der Waals surface area contributed by atoms with Gasteiger partial charge in [-0.25, -0.2) is 0 Å². The van der Waals surface area contributed by atoms with Gasteiger partial charge in [0.25, 0.3) is 5.91 Å². The number of para-hydroxylation sites is 1. The summed E-state index contributed by atoms with van der Waals surface area (Å²) in [5.41, 5.74) is 0.588. The van der Waals surface area contributed by atoms with Crippen molar-refractivity contribution in [2.45, 2.75) is 16.1 Å². The van der Waals surface area contributed by atoms with E-state index >= 15 is 0 Å². The number of hydrogen-bond donors (Lipinski definition) is 1. The van der Waals surface area contributed by atoms with Gasteiger partial charge in [-0.05, 0) is 30.4 Å². The molecular formula is C19H18Br2N2O5. The molecule has 2 saturated carbocycles. The minimum Gasteiger partial charge on any atom is -0.454 e. The van der Waals surface area contributed by atoms with Gasteiger partial charge in [0, 0.05) is 15.3 Å². The van der Waals surface area contributed by atoms with Crippen molar-refractivity contribution in [3.63, 3.8) is 0 Å². The summed E-state index contributed by atoms with van der Waals surface area (Å²) in [5, 5.41) is 2.60. The summed E-state index contributed by atoms with van der Waals surface area (Å²) in [5.74, 6) is -2.44. The molecule has 4 rings (SSSR count). The molecule has 0 radical (unpaired) electrons. The maximum Gasteiger partial charge on any atom is 0.326 e. The number of hydrogen-bond acceptors (Lipinski definition) is 5. The number of amides is 3. The van der Waals surface area contributed by atoms with E-state index in [2.05, 4.69) is 37.2 Å². The molecule has 1 saturated heterocycles. The highest BCUT2D eigenvalue weighted by molar-refractivity contribution is 9.12. The molecule has 1 N–H and O–H groups in total. The number of ether oxygens (including phenoxy) is 1. The lowest BCUT2D eigenvalue weighted by atomic mass is 9.81. The van der Waals surface area contributed by atoms with Gasteiger partial charge in [-0.3, -0.25) is 24.1 Å². The van der Waals surface area contributed by atoms with Gasteiger partial charge in [-0.1, -0.05) is 50.1 Å². The molecule has 0 spiro atoms. The molecule has 9 heteroatoms. The quantitative estimate of drug-likeness (QED) is 0.369. The number of carbonyl (C=O) groups excluding carboxylic acids is 4. The first-order valence-electron chi connectivity index (χ1n) is 9.02. The molecule has 1 aromatic rings. The highest BCUT2D eigenvalue weighted by Crippen LogP contribution is 2.60. The van der Waals surface area contributed by atoms with Crippen LogP contribution in [0.25, 0.3) is 0 Å². The zero-order valence-electron chi connectivity index (χ0n) is 14.7. The normalized spacial score (nSPS) is 33.1. The maximum atomic E-state index is 12.7. The predicted molar refractivity (Wildman–Crippen MR) is 107 cm³/mol. The van der Waals surface area contributed by atoms with Crippen LogP contribution in [0.4, 0.5) is 5.69 Å². The smallest absolute Gasteiger partial charge is 0.326 e. The lowest BCUT2D eigenvalue weighted by molar-refractivity contribution is -0.154. The second-order valence-electron chi connectivity index (χ2n) is 7.34. The van der Waals surface area contributed by atoms with Gasteiger partial charge in [-0.2, -0.15) is 0 Å². The third-order valence-corrected chi connectivity index (χ3v) is 8.99. The Morgan fingerprint density at radius 2 is 1.61 bits per heavy atom. The van der Waals surface area contributed by atoms with Crippen LogP contribution < -0.4 is 5.32 Å². The largest absolute Gasteiger partial charge is 0.454 e. The Labute approximate surface area is 178 Å². The van der Waals surface area contributed by atoms with Crippen LogP contribution in [0.2, 0.25) is 0 Å². The number of esters is 1. The van der Waals surface area contributed by atoms with E-state index in [1.54, 1.807) is 24.3 Å². The average molecular weight is 514 g/mol. The van der Waals surface area contributed by atoms with Crippen LogP contribution in [0.3, 0.4) is 0 Å². The molecule has 0 aromatic heterocycles. The fourth-order valence-electron chi connectivity index (χ4n) is 4.61. The number of fused-ring (bicyclic) bond motifs is 5. The Kier molecular flexibility index (Phi) is 5.30. The Hall–Kier alpha value is -1.74. The molecule has 3 amide bonds. The molecule has 28 heavy (non-hydrogen) atoms. The van der Waals surface area contributed by atoms with Crippen LogP contribution in [-0.2, 0) is 23.9 Å². The van der Waals surface area contributed by atoms with Crippen LogP contribution in [0.15, 0.2) is 30.3 Å². The molecule has 2 bridgehead atoms. The molecule has 1 aromatic carbocycles. The van der Waals surface area contributed by atoms with Crippen molar-refractivity contribution in [3.8, 4) is 0 Å². The first-order chi connectivity index (χ1) is 13.4. The summed E-state index contributed by atoms with van der Waals surface area (Å²) in [7, 11) is 0. The summed E-state index contributed by atoms with van der Waals surface area (Å²) >= 11 is 7.24. The van der Waals surface area contributed by atoms with Crippen molar-refractivity contribution in [2.24, 2.45) is 23.7 Å². The fraction of sp³-hybridized carbons (Fsp3) is 0.474. The topological polar surface area (TPSA) is 92.8 Å². The molecule has 3 aliphatic rings. The zero-order valence-corrected chi connectivity index (χ0v) is 17.9. The highest BCUT2D eigenvalue weighted by atomic mass is 79.9. The number of benzene rings is 1. The van der Waals surface area contributed by atoms with Gasteiger partial charge in [0.15, 0.2) is 6.61 Å². The number of carbonyl (C=O) groups is 4. The Balaban J connectivity index is 1.32. The van der Waals surface area contributed by atoms with E-state index < -0.39 is 25.0 Å². The third kappa shape index (κ3) is 3.28. The Morgan fingerprint density at radius 3 is 2.18 bits per heavy atom. The Bertz CT molecular complexity index is 801. The number of alkyl halides is 2. The second kappa shape index (κ2) is 7.59. The second-order valence-corrected chi connectivity index (χ2v) is 9.46. The summed E-state index contributed by atoms with van der Waals surface area (Å²) in [6.07, 6.45) is 0.830. The number of rotatable bonds is 5. The van der Waals surface area contributed by atoms with Crippen molar-refractivity contribution in [2.75, 3.05) is 18.5 Å². The average Bonchev–Trinajstić information content (AvgIpc) is 3.28. The molecule has 1 heterocycles.